The SMILES string of the molecule is Cn1cc(-c2cnc3c(c2)[C@]2(COC(N)=N2)c2cc(-c4cccnc4F)ccc2O3)cn1. The fourth-order valence-electron chi connectivity index (χ4n) is 4.23. The van der Waals surface area contributed by atoms with Crippen molar-refractivity contribution in [2.45, 2.75) is 5.54 Å². The summed E-state index contributed by atoms with van der Waals surface area (Å²) in [5, 5.41) is 4.24. The van der Waals surface area contributed by atoms with E-state index < -0.39 is 11.5 Å². The molecule has 32 heavy (non-hydrogen) atoms. The van der Waals surface area contributed by atoms with E-state index in [4.69, 9.17) is 15.2 Å². The van der Waals surface area contributed by atoms with Crippen LogP contribution in [0.25, 0.3) is 22.3 Å². The number of nitrogens with zero attached hydrogens (tertiary/aromatic N) is 5. The maximum absolute atomic E-state index is 14.4. The number of hydrogen-bond acceptors (Lipinski definition) is 7. The molecule has 2 aliphatic heterocycles. The molecule has 0 fully saturated rings. The number of halogens is 1. The van der Waals surface area contributed by atoms with Crippen LogP contribution in [0.2, 0.25) is 0 Å². The number of aliphatic imine (C=N–C) groups is 1. The number of ether oxygens (including phenoxy) is 2. The molecule has 0 saturated carbocycles. The molecule has 5 heterocycles. The quantitative estimate of drug-likeness (QED) is 0.492. The summed E-state index contributed by atoms with van der Waals surface area (Å²) in [6.45, 7) is 0.180. The molecular weight excluding hydrogens is 411 g/mol. The monoisotopic (exact) mass is 428 g/mol. The zero-order chi connectivity index (χ0) is 21.9. The number of amidine groups is 1. The van der Waals surface area contributed by atoms with Crippen molar-refractivity contribution in [3.05, 3.63) is 78.3 Å². The first-order chi connectivity index (χ1) is 15.5. The van der Waals surface area contributed by atoms with E-state index in [1.165, 1.54) is 6.20 Å². The van der Waals surface area contributed by atoms with Gasteiger partial charge in [-0.25, -0.2) is 15.0 Å². The maximum atomic E-state index is 14.4. The first-order valence-electron chi connectivity index (χ1n) is 9.94. The Balaban J connectivity index is 1.56. The highest BCUT2D eigenvalue weighted by molar-refractivity contribution is 5.78. The second-order valence-corrected chi connectivity index (χ2v) is 7.73. The van der Waals surface area contributed by atoms with Crippen molar-refractivity contribution in [1.29, 1.82) is 0 Å². The summed E-state index contributed by atoms with van der Waals surface area (Å²) >= 11 is 0. The molecule has 158 valence electrons. The predicted octanol–water partition coefficient (Wildman–Crippen LogP) is 3.38. The predicted molar refractivity (Wildman–Crippen MR) is 114 cm³/mol. The van der Waals surface area contributed by atoms with E-state index in [9.17, 15) is 4.39 Å². The maximum Gasteiger partial charge on any atom is 0.283 e. The third-order valence-corrected chi connectivity index (χ3v) is 5.77. The van der Waals surface area contributed by atoms with Gasteiger partial charge in [0.2, 0.25) is 11.8 Å². The Bertz CT molecular complexity index is 1420. The first-order valence-corrected chi connectivity index (χ1v) is 9.94. The largest absolute Gasteiger partial charge is 0.462 e. The molecule has 0 aliphatic carbocycles. The van der Waals surface area contributed by atoms with Crippen molar-refractivity contribution in [2.24, 2.45) is 17.8 Å². The summed E-state index contributed by atoms with van der Waals surface area (Å²) in [5.41, 5.74) is 9.24. The van der Waals surface area contributed by atoms with Crippen molar-refractivity contribution in [3.63, 3.8) is 0 Å². The molecule has 0 radical (unpaired) electrons. The van der Waals surface area contributed by atoms with E-state index in [0.717, 1.165) is 22.3 Å². The Morgan fingerprint density at radius 3 is 2.69 bits per heavy atom. The number of fused-ring (bicyclic) bond motifs is 4. The molecule has 1 spiro atoms. The zero-order valence-electron chi connectivity index (χ0n) is 17.0. The molecule has 0 amide bonds. The topological polar surface area (TPSA) is 100 Å². The van der Waals surface area contributed by atoms with E-state index >= 15 is 0 Å². The highest BCUT2D eigenvalue weighted by Gasteiger charge is 2.48. The molecule has 0 unspecified atom stereocenters. The first kappa shape index (κ1) is 18.5. The molecular formula is C23H17FN6O2. The van der Waals surface area contributed by atoms with Crippen molar-refractivity contribution in [3.8, 4) is 33.9 Å². The number of nitrogens with two attached hydrogens (primary N) is 1. The molecule has 1 aromatic carbocycles. The average Bonchev–Trinajstić information content (AvgIpc) is 3.41. The summed E-state index contributed by atoms with van der Waals surface area (Å²) < 4.78 is 27.8. The summed E-state index contributed by atoms with van der Waals surface area (Å²) in [6.07, 6.45) is 6.82. The third kappa shape index (κ3) is 2.67. The van der Waals surface area contributed by atoms with Crippen molar-refractivity contribution >= 4 is 6.02 Å². The lowest BCUT2D eigenvalue weighted by Gasteiger charge is -2.33. The summed E-state index contributed by atoms with van der Waals surface area (Å²) in [5.74, 6) is 0.437. The van der Waals surface area contributed by atoms with Gasteiger partial charge in [0.25, 0.3) is 6.02 Å². The van der Waals surface area contributed by atoms with Gasteiger partial charge >= 0.3 is 0 Å². The second kappa shape index (κ2) is 6.61. The number of aryl methyl sites for hydroxylation is 1. The number of aromatic nitrogens is 4. The van der Waals surface area contributed by atoms with Gasteiger partial charge in [0.1, 0.15) is 12.4 Å². The van der Waals surface area contributed by atoms with E-state index in [0.29, 0.717) is 22.8 Å². The van der Waals surface area contributed by atoms with Gasteiger partial charge < -0.3 is 15.2 Å². The number of rotatable bonds is 2. The highest BCUT2D eigenvalue weighted by atomic mass is 19.1. The van der Waals surface area contributed by atoms with Crippen LogP contribution >= 0.6 is 0 Å². The smallest absolute Gasteiger partial charge is 0.283 e. The number of pyridine rings is 2. The number of hydrogen-bond donors (Lipinski definition) is 1. The van der Waals surface area contributed by atoms with Crippen molar-refractivity contribution in [2.75, 3.05) is 6.61 Å². The molecule has 6 rings (SSSR count). The fraction of sp³-hybridized carbons (Fsp3) is 0.130. The van der Waals surface area contributed by atoms with Crippen LogP contribution in [0, 0.1) is 5.95 Å². The molecule has 8 nitrogen and oxygen atoms in total. The van der Waals surface area contributed by atoms with Gasteiger partial charge in [-0.2, -0.15) is 9.49 Å². The average molecular weight is 428 g/mol. The van der Waals surface area contributed by atoms with E-state index in [2.05, 4.69) is 20.1 Å². The molecule has 4 aromatic rings. The van der Waals surface area contributed by atoms with E-state index in [-0.39, 0.29) is 12.6 Å². The van der Waals surface area contributed by atoms with Gasteiger partial charge in [0.15, 0.2) is 5.54 Å². The fourth-order valence-corrected chi connectivity index (χ4v) is 4.23. The molecule has 0 saturated heterocycles. The van der Waals surface area contributed by atoms with Crippen LogP contribution in [0.3, 0.4) is 0 Å². The molecule has 2 N–H and O–H groups in total. The Morgan fingerprint density at radius 2 is 1.94 bits per heavy atom. The molecule has 9 heteroatoms. The minimum atomic E-state index is -0.965. The van der Waals surface area contributed by atoms with Crippen LogP contribution in [0.1, 0.15) is 11.1 Å². The van der Waals surface area contributed by atoms with Gasteiger partial charge in [-0.05, 0) is 35.9 Å². The van der Waals surface area contributed by atoms with Crippen LogP contribution in [-0.2, 0) is 17.3 Å². The second-order valence-electron chi connectivity index (χ2n) is 7.73. The van der Waals surface area contributed by atoms with Gasteiger partial charge in [0, 0.05) is 47.9 Å². The van der Waals surface area contributed by atoms with Crippen LogP contribution in [0.4, 0.5) is 4.39 Å². The Morgan fingerprint density at radius 1 is 1.06 bits per heavy atom. The summed E-state index contributed by atoms with van der Waals surface area (Å²) in [7, 11) is 1.85. The number of benzene rings is 1. The van der Waals surface area contributed by atoms with Crippen LogP contribution in [-0.4, -0.2) is 32.4 Å². The minimum absolute atomic E-state index is 0.0774. The van der Waals surface area contributed by atoms with Gasteiger partial charge in [0.05, 0.1) is 11.8 Å². The lowest BCUT2D eigenvalue weighted by Crippen LogP contribution is -2.31. The Hall–Kier alpha value is -4.27. The van der Waals surface area contributed by atoms with Gasteiger partial charge in [-0.1, -0.05) is 6.07 Å². The normalized spacial score (nSPS) is 18.5. The van der Waals surface area contributed by atoms with E-state index in [1.807, 2.05) is 25.4 Å². The van der Waals surface area contributed by atoms with Gasteiger partial charge in [-0.3, -0.25) is 4.68 Å². The van der Waals surface area contributed by atoms with Crippen LogP contribution in [0.15, 0.2) is 66.2 Å². The lowest BCUT2D eigenvalue weighted by molar-refractivity contribution is 0.262. The lowest BCUT2D eigenvalue weighted by atomic mass is 9.81. The zero-order valence-corrected chi connectivity index (χ0v) is 17.0. The summed E-state index contributed by atoms with van der Waals surface area (Å²) in [4.78, 5) is 13.0. The van der Waals surface area contributed by atoms with Crippen molar-refractivity contribution in [1.82, 2.24) is 19.7 Å². The molecule has 2 aliphatic rings. The van der Waals surface area contributed by atoms with Crippen molar-refractivity contribution < 1.29 is 13.9 Å². The van der Waals surface area contributed by atoms with Crippen LogP contribution in [0.5, 0.6) is 11.6 Å². The minimum Gasteiger partial charge on any atom is -0.462 e. The third-order valence-electron chi connectivity index (χ3n) is 5.77. The summed E-state index contributed by atoms with van der Waals surface area (Å²) in [6, 6.07) is 10.8. The Labute approximate surface area is 182 Å². The van der Waals surface area contributed by atoms with E-state index in [1.54, 1.807) is 41.3 Å². The molecule has 3 aromatic heterocycles. The highest BCUT2D eigenvalue weighted by Crippen LogP contribution is 2.51. The molecule has 1 atom stereocenters. The Kier molecular flexibility index (Phi) is 3.82. The van der Waals surface area contributed by atoms with Crippen LogP contribution < -0.4 is 10.5 Å². The standard InChI is InChI=1S/C23H17FN6O2/c1-30-11-15(10-28-30)14-8-18-21(27-9-14)32-19-5-4-13(16-3-2-6-26-20(16)24)7-17(19)23(18)12-31-22(25)29-23/h2-11H,12H2,1H3,(H2,25,29)/t23-/m0/s1. The molecule has 0 bridgehead atoms. The van der Waals surface area contributed by atoms with Gasteiger partial charge in [-0.15, -0.1) is 0 Å².